The maximum atomic E-state index is 12.5. The third-order valence-corrected chi connectivity index (χ3v) is 4.05. The molecule has 0 atom stereocenters. The predicted octanol–water partition coefficient (Wildman–Crippen LogP) is 2.32. The Labute approximate surface area is 169 Å². The first kappa shape index (κ1) is 24.9. The standard InChI is InChI=1S/C15H23F3N4O2S.HI/c1-14(2,22-25(4,23)24)10-21-13(19-3)20-9-11-5-7-12(8-6-11)15(16,17)18;/h5-8,22H,9-10H2,1-4H3,(H2,19,20,21);1H. The van der Waals surface area contributed by atoms with E-state index in [1.54, 1.807) is 20.9 Å². The van der Waals surface area contributed by atoms with Gasteiger partial charge in [-0.1, -0.05) is 12.1 Å². The van der Waals surface area contributed by atoms with Crippen LogP contribution in [0.4, 0.5) is 13.2 Å². The van der Waals surface area contributed by atoms with Crippen molar-refractivity contribution in [2.75, 3.05) is 19.8 Å². The predicted molar refractivity (Wildman–Crippen MR) is 107 cm³/mol. The van der Waals surface area contributed by atoms with Gasteiger partial charge in [0.2, 0.25) is 10.0 Å². The topological polar surface area (TPSA) is 82.6 Å². The lowest BCUT2D eigenvalue weighted by Gasteiger charge is -2.26. The summed E-state index contributed by atoms with van der Waals surface area (Å²) in [6.45, 7) is 3.97. The molecule has 0 aliphatic heterocycles. The second-order valence-electron chi connectivity index (χ2n) is 6.23. The quantitative estimate of drug-likeness (QED) is 0.313. The molecule has 1 rings (SSSR count). The molecular weight excluding hydrogens is 484 g/mol. The fourth-order valence-corrected chi connectivity index (χ4v) is 3.14. The van der Waals surface area contributed by atoms with Crippen LogP contribution < -0.4 is 15.4 Å². The third-order valence-electron chi connectivity index (χ3n) is 3.12. The first-order valence-corrected chi connectivity index (χ1v) is 9.31. The van der Waals surface area contributed by atoms with Crippen LogP contribution in [0.25, 0.3) is 0 Å². The number of hydrogen-bond acceptors (Lipinski definition) is 3. The van der Waals surface area contributed by atoms with Crippen molar-refractivity contribution in [3.63, 3.8) is 0 Å². The lowest BCUT2D eigenvalue weighted by Crippen LogP contribution is -2.52. The number of nitrogens with zero attached hydrogens (tertiary/aromatic N) is 1. The summed E-state index contributed by atoms with van der Waals surface area (Å²) in [6.07, 6.45) is -3.28. The number of benzene rings is 1. The van der Waals surface area contributed by atoms with E-state index in [-0.39, 0.29) is 37.1 Å². The number of guanidine groups is 1. The van der Waals surface area contributed by atoms with Gasteiger partial charge in [-0.25, -0.2) is 13.1 Å². The molecule has 3 N–H and O–H groups in total. The van der Waals surface area contributed by atoms with Gasteiger partial charge in [0.25, 0.3) is 0 Å². The van der Waals surface area contributed by atoms with Gasteiger partial charge < -0.3 is 10.6 Å². The molecule has 0 saturated carbocycles. The van der Waals surface area contributed by atoms with Crippen LogP contribution in [0.5, 0.6) is 0 Å². The van der Waals surface area contributed by atoms with E-state index < -0.39 is 27.3 Å². The van der Waals surface area contributed by atoms with Gasteiger partial charge in [-0.2, -0.15) is 13.2 Å². The van der Waals surface area contributed by atoms with Crippen molar-refractivity contribution in [1.82, 2.24) is 15.4 Å². The van der Waals surface area contributed by atoms with Gasteiger partial charge in [-0.3, -0.25) is 4.99 Å². The molecule has 0 heterocycles. The van der Waals surface area contributed by atoms with Crippen molar-refractivity contribution in [2.24, 2.45) is 4.99 Å². The summed E-state index contributed by atoms with van der Waals surface area (Å²) in [4.78, 5) is 4.00. The average Bonchev–Trinajstić information content (AvgIpc) is 2.44. The molecule has 0 amide bonds. The molecule has 0 saturated heterocycles. The van der Waals surface area contributed by atoms with Gasteiger partial charge in [0.15, 0.2) is 5.96 Å². The number of nitrogens with one attached hydrogen (secondary N) is 3. The summed E-state index contributed by atoms with van der Waals surface area (Å²) < 4.78 is 62.7. The molecule has 0 aromatic heterocycles. The van der Waals surface area contributed by atoms with E-state index >= 15 is 0 Å². The molecular formula is C15H24F3IN4O2S. The Hall–Kier alpha value is -1.08. The lowest BCUT2D eigenvalue weighted by atomic mass is 10.1. The summed E-state index contributed by atoms with van der Waals surface area (Å²) in [7, 11) is -1.81. The highest BCUT2D eigenvalue weighted by molar-refractivity contribution is 14.0. The van der Waals surface area contributed by atoms with Gasteiger partial charge in [-0.15, -0.1) is 24.0 Å². The average molecular weight is 508 g/mol. The first-order chi connectivity index (χ1) is 11.3. The minimum absolute atomic E-state index is 0. The van der Waals surface area contributed by atoms with Crippen LogP contribution in [0.15, 0.2) is 29.3 Å². The van der Waals surface area contributed by atoms with E-state index in [2.05, 4.69) is 20.3 Å². The van der Waals surface area contributed by atoms with Gasteiger partial charge in [0.1, 0.15) is 0 Å². The molecule has 0 unspecified atom stereocenters. The Kier molecular flexibility index (Phi) is 9.33. The molecule has 1 aromatic rings. The number of aliphatic imine (C=N–C) groups is 1. The lowest BCUT2D eigenvalue weighted by molar-refractivity contribution is -0.137. The molecule has 150 valence electrons. The van der Waals surface area contributed by atoms with Crippen LogP contribution in [0, 0.1) is 0 Å². The van der Waals surface area contributed by atoms with E-state index in [4.69, 9.17) is 0 Å². The van der Waals surface area contributed by atoms with Gasteiger partial charge >= 0.3 is 6.18 Å². The number of rotatable bonds is 6. The largest absolute Gasteiger partial charge is 0.416 e. The maximum Gasteiger partial charge on any atom is 0.416 e. The van der Waals surface area contributed by atoms with Crippen LogP contribution in [0.2, 0.25) is 0 Å². The second-order valence-corrected chi connectivity index (χ2v) is 7.98. The van der Waals surface area contributed by atoms with Crippen molar-refractivity contribution in [3.05, 3.63) is 35.4 Å². The van der Waals surface area contributed by atoms with Crippen LogP contribution in [0.3, 0.4) is 0 Å². The number of alkyl halides is 3. The van der Waals surface area contributed by atoms with Crippen molar-refractivity contribution in [1.29, 1.82) is 0 Å². The highest BCUT2D eigenvalue weighted by atomic mass is 127. The highest BCUT2D eigenvalue weighted by Gasteiger charge is 2.29. The summed E-state index contributed by atoms with van der Waals surface area (Å²) in [5, 5.41) is 5.93. The van der Waals surface area contributed by atoms with E-state index in [1.807, 2.05) is 0 Å². The number of hydrogen-bond donors (Lipinski definition) is 3. The van der Waals surface area contributed by atoms with Crippen molar-refractivity contribution in [2.45, 2.75) is 32.1 Å². The van der Waals surface area contributed by atoms with Crippen LogP contribution >= 0.6 is 24.0 Å². The first-order valence-electron chi connectivity index (χ1n) is 7.42. The fraction of sp³-hybridized carbons (Fsp3) is 0.533. The molecule has 0 spiro atoms. The zero-order valence-corrected chi connectivity index (χ0v) is 18.1. The second kappa shape index (κ2) is 9.74. The number of sulfonamides is 1. The van der Waals surface area contributed by atoms with Gasteiger partial charge in [0.05, 0.1) is 11.8 Å². The summed E-state index contributed by atoms with van der Waals surface area (Å²) in [6, 6.07) is 4.81. The normalized spacial score (nSPS) is 13.1. The smallest absolute Gasteiger partial charge is 0.355 e. The van der Waals surface area contributed by atoms with Crippen LogP contribution in [0.1, 0.15) is 25.0 Å². The summed E-state index contributed by atoms with van der Waals surface area (Å²) >= 11 is 0. The molecule has 0 bridgehead atoms. The van der Waals surface area contributed by atoms with E-state index in [1.165, 1.54) is 12.1 Å². The van der Waals surface area contributed by atoms with E-state index in [0.717, 1.165) is 18.4 Å². The molecule has 0 aliphatic rings. The van der Waals surface area contributed by atoms with Crippen molar-refractivity contribution < 1.29 is 21.6 Å². The fourth-order valence-electron chi connectivity index (χ4n) is 2.06. The third kappa shape index (κ3) is 9.57. The Morgan fingerprint density at radius 1 is 1.12 bits per heavy atom. The van der Waals surface area contributed by atoms with E-state index in [0.29, 0.717) is 11.5 Å². The van der Waals surface area contributed by atoms with Gasteiger partial charge in [0, 0.05) is 25.7 Å². The Morgan fingerprint density at radius 2 is 1.65 bits per heavy atom. The summed E-state index contributed by atoms with van der Waals surface area (Å²) in [5.74, 6) is 0.406. The molecule has 0 fully saturated rings. The maximum absolute atomic E-state index is 12.5. The van der Waals surface area contributed by atoms with Gasteiger partial charge in [-0.05, 0) is 31.5 Å². The number of halogens is 4. The van der Waals surface area contributed by atoms with E-state index in [9.17, 15) is 21.6 Å². The van der Waals surface area contributed by atoms with Crippen LogP contribution in [-0.2, 0) is 22.7 Å². The Bertz CT molecular complexity index is 705. The monoisotopic (exact) mass is 508 g/mol. The zero-order valence-electron chi connectivity index (χ0n) is 14.9. The zero-order chi connectivity index (χ0) is 19.3. The minimum Gasteiger partial charge on any atom is -0.355 e. The highest BCUT2D eigenvalue weighted by Crippen LogP contribution is 2.28. The molecule has 1 aromatic carbocycles. The molecule has 26 heavy (non-hydrogen) atoms. The van der Waals surface area contributed by atoms with Crippen LogP contribution in [-0.4, -0.2) is 39.8 Å². The SMILES string of the molecule is CN=C(NCc1ccc(C(F)(F)F)cc1)NCC(C)(C)NS(C)(=O)=O.I. The minimum atomic E-state index is -4.36. The molecule has 0 aliphatic carbocycles. The summed E-state index contributed by atoms with van der Waals surface area (Å²) in [5.41, 5.74) is -0.781. The molecule has 11 heteroatoms. The molecule has 6 nitrogen and oxygen atoms in total. The van der Waals surface area contributed by atoms with Crippen molar-refractivity contribution in [3.8, 4) is 0 Å². The Morgan fingerprint density at radius 3 is 2.08 bits per heavy atom. The van der Waals surface area contributed by atoms with Crippen molar-refractivity contribution >= 4 is 40.0 Å². The Balaban J connectivity index is 0.00000625. The molecule has 0 radical (unpaired) electrons.